The van der Waals surface area contributed by atoms with Crippen molar-refractivity contribution in [2.45, 2.75) is 38.6 Å². The molecule has 1 saturated carbocycles. The standard InChI is InChI=1S/C16H23NO2/c1-12(11-13-5-3-2-4-6-13)16(19)17-15(9-10-18)14-7-8-14/h2-6,12,14-15,18H,7-11H2,1H3,(H,17,19). The summed E-state index contributed by atoms with van der Waals surface area (Å²) >= 11 is 0. The lowest BCUT2D eigenvalue weighted by atomic mass is 9.99. The van der Waals surface area contributed by atoms with Crippen molar-refractivity contribution < 1.29 is 9.90 Å². The highest BCUT2D eigenvalue weighted by molar-refractivity contribution is 5.79. The summed E-state index contributed by atoms with van der Waals surface area (Å²) in [6, 6.07) is 10.2. The summed E-state index contributed by atoms with van der Waals surface area (Å²) < 4.78 is 0. The molecule has 1 fully saturated rings. The summed E-state index contributed by atoms with van der Waals surface area (Å²) in [5.41, 5.74) is 1.19. The lowest BCUT2D eigenvalue weighted by molar-refractivity contribution is -0.125. The topological polar surface area (TPSA) is 49.3 Å². The lowest BCUT2D eigenvalue weighted by Crippen LogP contribution is -2.40. The third-order valence-electron chi connectivity index (χ3n) is 3.79. The molecule has 19 heavy (non-hydrogen) atoms. The summed E-state index contributed by atoms with van der Waals surface area (Å²) in [6.45, 7) is 2.11. The third kappa shape index (κ3) is 4.35. The molecule has 1 aliphatic rings. The van der Waals surface area contributed by atoms with E-state index in [9.17, 15) is 4.79 Å². The summed E-state index contributed by atoms with van der Waals surface area (Å²) in [5, 5.41) is 12.1. The molecule has 3 heteroatoms. The Balaban J connectivity index is 1.84. The number of benzene rings is 1. The van der Waals surface area contributed by atoms with E-state index in [1.807, 2.05) is 25.1 Å². The van der Waals surface area contributed by atoms with Crippen LogP contribution in [0, 0.1) is 11.8 Å². The van der Waals surface area contributed by atoms with E-state index in [4.69, 9.17) is 5.11 Å². The second-order valence-electron chi connectivity index (χ2n) is 5.56. The van der Waals surface area contributed by atoms with Gasteiger partial charge in [-0.05, 0) is 37.2 Å². The van der Waals surface area contributed by atoms with Crippen molar-refractivity contribution in [2.24, 2.45) is 11.8 Å². The molecule has 0 heterocycles. The van der Waals surface area contributed by atoms with Crippen molar-refractivity contribution in [1.29, 1.82) is 0 Å². The molecule has 0 aromatic heterocycles. The highest BCUT2D eigenvalue weighted by atomic mass is 16.3. The van der Waals surface area contributed by atoms with Gasteiger partial charge in [-0.1, -0.05) is 37.3 Å². The molecule has 1 aliphatic carbocycles. The Morgan fingerprint density at radius 2 is 2.05 bits per heavy atom. The fourth-order valence-electron chi connectivity index (χ4n) is 2.45. The molecule has 104 valence electrons. The third-order valence-corrected chi connectivity index (χ3v) is 3.79. The zero-order valence-corrected chi connectivity index (χ0v) is 11.5. The number of hydrogen-bond acceptors (Lipinski definition) is 2. The van der Waals surface area contributed by atoms with Gasteiger partial charge in [-0.2, -0.15) is 0 Å². The first-order valence-electron chi connectivity index (χ1n) is 7.16. The smallest absolute Gasteiger partial charge is 0.223 e. The Morgan fingerprint density at radius 1 is 1.37 bits per heavy atom. The van der Waals surface area contributed by atoms with E-state index < -0.39 is 0 Å². The second kappa shape index (κ2) is 6.71. The molecule has 3 nitrogen and oxygen atoms in total. The summed E-state index contributed by atoms with van der Waals surface area (Å²) in [5.74, 6) is 0.663. The van der Waals surface area contributed by atoms with E-state index in [0.29, 0.717) is 12.3 Å². The molecule has 0 spiro atoms. The first kappa shape index (κ1) is 14.1. The van der Waals surface area contributed by atoms with Gasteiger partial charge in [0.1, 0.15) is 0 Å². The van der Waals surface area contributed by atoms with Crippen LogP contribution in [0.25, 0.3) is 0 Å². The van der Waals surface area contributed by atoms with E-state index in [2.05, 4.69) is 17.4 Å². The van der Waals surface area contributed by atoms with Gasteiger partial charge in [-0.15, -0.1) is 0 Å². The summed E-state index contributed by atoms with van der Waals surface area (Å²) in [4.78, 5) is 12.2. The number of aliphatic hydroxyl groups is 1. The molecule has 0 aliphatic heterocycles. The predicted molar refractivity (Wildman–Crippen MR) is 75.7 cm³/mol. The zero-order chi connectivity index (χ0) is 13.7. The van der Waals surface area contributed by atoms with Crippen LogP contribution in [0.2, 0.25) is 0 Å². The van der Waals surface area contributed by atoms with Gasteiger partial charge in [0.05, 0.1) is 0 Å². The number of carbonyl (C=O) groups is 1. The minimum atomic E-state index is -0.0256. The molecular formula is C16H23NO2. The Kier molecular flexibility index (Phi) is 4.97. The average Bonchev–Trinajstić information content (AvgIpc) is 3.23. The minimum absolute atomic E-state index is 0.0256. The highest BCUT2D eigenvalue weighted by Crippen LogP contribution is 2.34. The molecule has 2 N–H and O–H groups in total. The Labute approximate surface area is 115 Å². The van der Waals surface area contributed by atoms with Gasteiger partial charge >= 0.3 is 0 Å². The molecule has 0 saturated heterocycles. The van der Waals surface area contributed by atoms with Crippen LogP contribution >= 0.6 is 0 Å². The first-order valence-corrected chi connectivity index (χ1v) is 7.16. The van der Waals surface area contributed by atoms with Gasteiger partial charge in [0.2, 0.25) is 5.91 Å². The average molecular weight is 261 g/mol. The number of rotatable bonds is 7. The minimum Gasteiger partial charge on any atom is -0.396 e. The largest absolute Gasteiger partial charge is 0.396 e. The number of amides is 1. The van der Waals surface area contributed by atoms with Crippen LogP contribution in [0.5, 0.6) is 0 Å². The molecule has 2 rings (SSSR count). The molecule has 0 radical (unpaired) electrons. The molecule has 1 aromatic rings. The van der Waals surface area contributed by atoms with Crippen molar-refractivity contribution in [1.82, 2.24) is 5.32 Å². The Morgan fingerprint density at radius 3 is 2.63 bits per heavy atom. The van der Waals surface area contributed by atoms with Crippen LogP contribution in [0.4, 0.5) is 0 Å². The molecule has 0 bridgehead atoms. The van der Waals surface area contributed by atoms with Gasteiger partial charge in [0.15, 0.2) is 0 Å². The fourth-order valence-corrected chi connectivity index (χ4v) is 2.45. The molecule has 2 unspecified atom stereocenters. The monoisotopic (exact) mass is 261 g/mol. The molecule has 2 atom stereocenters. The molecular weight excluding hydrogens is 238 g/mol. The van der Waals surface area contributed by atoms with E-state index in [1.165, 1.54) is 18.4 Å². The SMILES string of the molecule is CC(Cc1ccccc1)C(=O)NC(CCO)C1CC1. The van der Waals surface area contributed by atoms with E-state index in [-0.39, 0.29) is 24.5 Å². The first-order chi connectivity index (χ1) is 9.20. The van der Waals surface area contributed by atoms with Crippen LogP contribution in [-0.2, 0) is 11.2 Å². The van der Waals surface area contributed by atoms with Crippen LogP contribution in [0.1, 0.15) is 31.7 Å². The predicted octanol–water partition coefficient (Wildman–Crippen LogP) is 2.14. The van der Waals surface area contributed by atoms with Gasteiger partial charge < -0.3 is 10.4 Å². The van der Waals surface area contributed by atoms with Crippen molar-refractivity contribution >= 4 is 5.91 Å². The fraction of sp³-hybridized carbons (Fsp3) is 0.562. The summed E-state index contributed by atoms with van der Waals surface area (Å²) in [7, 11) is 0. The van der Waals surface area contributed by atoms with Gasteiger partial charge in [0.25, 0.3) is 0 Å². The van der Waals surface area contributed by atoms with Crippen molar-refractivity contribution in [2.75, 3.05) is 6.61 Å². The molecule has 1 amide bonds. The highest BCUT2D eigenvalue weighted by Gasteiger charge is 2.32. The second-order valence-corrected chi connectivity index (χ2v) is 5.56. The zero-order valence-electron chi connectivity index (χ0n) is 11.5. The number of carbonyl (C=O) groups excluding carboxylic acids is 1. The van der Waals surface area contributed by atoms with Gasteiger partial charge in [-0.25, -0.2) is 0 Å². The van der Waals surface area contributed by atoms with Gasteiger partial charge in [0, 0.05) is 18.6 Å². The van der Waals surface area contributed by atoms with Crippen LogP contribution in [0.3, 0.4) is 0 Å². The number of hydrogen-bond donors (Lipinski definition) is 2. The van der Waals surface area contributed by atoms with Crippen LogP contribution in [0.15, 0.2) is 30.3 Å². The number of nitrogens with one attached hydrogen (secondary N) is 1. The quantitative estimate of drug-likeness (QED) is 0.790. The van der Waals surface area contributed by atoms with Crippen molar-refractivity contribution in [3.63, 3.8) is 0 Å². The Bertz CT molecular complexity index is 400. The van der Waals surface area contributed by atoms with E-state index in [0.717, 1.165) is 6.42 Å². The van der Waals surface area contributed by atoms with Crippen LogP contribution in [-0.4, -0.2) is 23.7 Å². The number of aliphatic hydroxyl groups excluding tert-OH is 1. The van der Waals surface area contributed by atoms with Crippen molar-refractivity contribution in [3.8, 4) is 0 Å². The maximum Gasteiger partial charge on any atom is 0.223 e. The molecule has 1 aromatic carbocycles. The normalized spacial score (nSPS) is 17.8. The van der Waals surface area contributed by atoms with E-state index in [1.54, 1.807) is 0 Å². The maximum absolute atomic E-state index is 12.2. The Hall–Kier alpha value is -1.35. The summed E-state index contributed by atoms with van der Waals surface area (Å²) in [6.07, 6.45) is 3.80. The van der Waals surface area contributed by atoms with Gasteiger partial charge in [-0.3, -0.25) is 4.79 Å². The maximum atomic E-state index is 12.2. The lowest BCUT2D eigenvalue weighted by Gasteiger charge is -2.20. The van der Waals surface area contributed by atoms with Crippen molar-refractivity contribution in [3.05, 3.63) is 35.9 Å². The van der Waals surface area contributed by atoms with E-state index >= 15 is 0 Å². The van der Waals surface area contributed by atoms with Crippen LogP contribution < -0.4 is 5.32 Å².